The van der Waals surface area contributed by atoms with Crippen LogP contribution < -0.4 is 11.1 Å². The van der Waals surface area contributed by atoms with Crippen molar-refractivity contribution in [2.75, 3.05) is 5.73 Å². The van der Waals surface area contributed by atoms with Gasteiger partial charge in [-0.3, -0.25) is 10.4 Å². The number of hydrogen-bond donors (Lipinski definition) is 5. The smallest absolute Gasteiger partial charge is 0.239 e. The van der Waals surface area contributed by atoms with Gasteiger partial charge >= 0.3 is 0 Å². The summed E-state index contributed by atoms with van der Waals surface area (Å²) in [5, 5.41) is 20.1. The first kappa shape index (κ1) is 14.6. The number of nitrogens with two attached hydrogens (primary N) is 1. The van der Waals surface area contributed by atoms with Crippen LogP contribution in [-0.2, 0) is 6.54 Å². The van der Waals surface area contributed by atoms with Crippen molar-refractivity contribution in [1.82, 2.24) is 25.5 Å². The number of rotatable bonds is 5. The maximum Gasteiger partial charge on any atom is 0.239 e. The molecule has 6 N–H and O–H groups in total. The number of aromatic amines is 2. The van der Waals surface area contributed by atoms with Gasteiger partial charge in [0.25, 0.3) is 0 Å². The van der Waals surface area contributed by atoms with E-state index in [1.165, 1.54) is 0 Å². The molecule has 0 fully saturated rings. The van der Waals surface area contributed by atoms with E-state index in [-0.39, 0.29) is 5.95 Å². The Morgan fingerprint density at radius 2 is 2.00 bits per heavy atom. The molecule has 1 unspecified atom stereocenters. The van der Waals surface area contributed by atoms with E-state index in [1.807, 2.05) is 36.4 Å². The van der Waals surface area contributed by atoms with Crippen LogP contribution in [0.1, 0.15) is 17.7 Å². The molecule has 0 aliphatic rings. The van der Waals surface area contributed by atoms with E-state index in [1.54, 1.807) is 0 Å². The fourth-order valence-electron chi connectivity index (χ4n) is 2.06. The van der Waals surface area contributed by atoms with E-state index in [9.17, 15) is 5.11 Å². The van der Waals surface area contributed by atoms with Gasteiger partial charge in [-0.2, -0.15) is 4.98 Å². The monoisotopic (exact) mass is 318 g/mol. The Bertz CT molecular complexity index is 751. The summed E-state index contributed by atoms with van der Waals surface area (Å²) in [6, 6.07) is 11.2. The van der Waals surface area contributed by atoms with Crippen molar-refractivity contribution in [1.29, 1.82) is 0 Å². The molecule has 2 aromatic heterocycles. The van der Waals surface area contributed by atoms with Crippen LogP contribution in [0.25, 0.3) is 11.3 Å². The zero-order chi connectivity index (χ0) is 15.5. The molecule has 3 aromatic rings. The molecule has 1 atom stereocenters. The second-order valence-corrected chi connectivity index (χ2v) is 5.19. The van der Waals surface area contributed by atoms with Gasteiger partial charge in [0.15, 0.2) is 0 Å². The molecule has 0 radical (unpaired) electrons. The van der Waals surface area contributed by atoms with Crippen molar-refractivity contribution in [3.63, 3.8) is 0 Å². The first-order chi connectivity index (χ1) is 10.6. The average Bonchev–Trinajstić information content (AvgIpc) is 3.15. The van der Waals surface area contributed by atoms with Gasteiger partial charge in [0, 0.05) is 10.7 Å². The van der Waals surface area contributed by atoms with Crippen LogP contribution in [0.4, 0.5) is 5.95 Å². The third-order valence-electron chi connectivity index (χ3n) is 3.17. The minimum Gasteiger partial charge on any atom is -0.373 e. The van der Waals surface area contributed by atoms with E-state index < -0.39 is 6.23 Å². The highest BCUT2D eigenvalue weighted by Gasteiger charge is 2.11. The molecule has 0 saturated carbocycles. The number of benzene rings is 1. The molecule has 7 nitrogen and oxygen atoms in total. The Hall–Kier alpha value is -2.35. The van der Waals surface area contributed by atoms with Crippen LogP contribution in [0.5, 0.6) is 0 Å². The Kier molecular flexibility index (Phi) is 4.10. The zero-order valence-electron chi connectivity index (χ0n) is 11.5. The molecule has 22 heavy (non-hydrogen) atoms. The predicted octanol–water partition coefficient (Wildman–Crippen LogP) is 1.82. The number of anilines is 1. The van der Waals surface area contributed by atoms with Gasteiger partial charge in [0.2, 0.25) is 5.95 Å². The minimum absolute atomic E-state index is 0.177. The molecule has 1 aromatic carbocycles. The van der Waals surface area contributed by atoms with Crippen LogP contribution in [0, 0.1) is 0 Å². The summed E-state index contributed by atoms with van der Waals surface area (Å²) in [5.74, 6) is 0.734. The van der Waals surface area contributed by atoms with Gasteiger partial charge in [-0.25, -0.2) is 0 Å². The highest BCUT2D eigenvalue weighted by atomic mass is 35.5. The van der Waals surface area contributed by atoms with Gasteiger partial charge < -0.3 is 15.8 Å². The highest BCUT2D eigenvalue weighted by Crippen LogP contribution is 2.22. The van der Waals surface area contributed by atoms with Crippen molar-refractivity contribution in [3.05, 3.63) is 52.9 Å². The lowest BCUT2D eigenvalue weighted by Gasteiger charge is -2.10. The first-order valence-corrected chi connectivity index (χ1v) is 7.02. The van der Waals surface area contributed by atoms with Crippen LogP contribution >= 0.6 is 11.6 Å². The van der Waals surface area contributed by atoms with Gasteiger partial charge in [0.1, 0.15) is 12.1 Å². The molecule has 0 aliphatic carbocycles. The number of nitrogens with zero attached hydrogens (tertiary/aromatic N) is 2. The summed E-state index contributed by atoms with van der Waals surface area (Å²) >= 11 is 5.87. The molecule has 3 rings (SSSR count). The molecular formula is C14H15ClN6O. The maximum atomic E-state index is 10.1. The molecular weight excluding hydrogens is 304 g/mol. The second-order valence-electron chi connectivity index (χ2n) is 4.76. The fraction of sp³-hybridized carbons (Fsp3) is 0.143. The standard InChI is InChI=1S/C14H15ClN6O/c15-9-3-1-8(2-4-9)10-5-6-11(18-10)13(22)17-7-12-19-14(16)21-20-12/h1-6,13,17-18,22H,7H2,(H3,16,19,20,21). The zero-order valence-corrected chi connectivity index (χ0v) is 12.3. The van der Waals surface area contributed by atoms with Crippen LogP contribution in [0.15, 0.2) is 36.4 Å². The van der Waals surface area contributed by atoms with Gasteiger partial charge in [-0.05, 0) is 29.8 Å². The number of aliphatic hydroxyl groups excluding tert-OH is 1. The van der Waals surface area contributed by atoms with Crippen molar-refractivity contribution in [3.8, 4) is 11.3 Å². The van der Waals surface area contributed by atoms with Crippen LogP contribution in [-0.4, -0.2) is 25.3 Å². The van der Waals surface area contributed by atoms with E-state index in [2.05, 4.69) is 25.5 Å². The van der Waals surface area contributed by atoms with Crippen LogP contribution in [0.3, 0.4) is 0 Å². The SMILES string of the molecule is Nc1n[nH]c(CNC(O)c2ccc(-c3ccc(Cl)cc3)[nH]2)n1. The van der Waals surface area contributed by atoms with Gasteiger partial charge in [-0.15, -0.1) is 5.10 Å². The highest BCUT2D eigenvalue weighted by molar-refractivity contribution is 6.30. The quantitative estimate of drug-likeness (QED) is 0.460. The summed E-state index contributed by atoms with van der Waals surface area (Å²) in [4.78, 5) is 7.12. The van der Waals surface area contributed by atoms with Crippen molar-refractivity contribution < 1.29 is 5.11 Å². The van der Waals surface area contributed by atoms with Crippen LogP contribution in [0.2, 0.25) is 5.02 Å². The first-order valence-electron chi connectivity index (χ1n) is 6.65. The minimum atomic E-state index is -0.854. The number of aromatic nitrogens is 4. The summed E-state index contributed by atoms with van der Waals surface area (Å²) < 4.78 is 0. The Morgan fingerprint density at radius 3 is 2.68 bits per heavy atom. The van der Waals surface area contributed by atoms with Crippen molar-refractivity contribution in [2.24, 2.45) is 0 Å². The number of nitrogens with one attached hydrogen (secondary N) is 3. The third kappa shape index (κ3) is 3.28. The third-order valence-corrected chi connectivity index (χ3v) is 3.42. The molecule has 0 saturated heterocycles. The molecule has 2 heterocycles. The number of aliphatic hydroxyl groups is 1. The van der Waals surface area contributed by atoms with Gasteiger partial charge in [0.05, 0.1) is 12.2 Å². The molecule has 114 valence electrons. The lowest BCUT2D eigenvalue weighted by molar-refractivity contribution is 0.132. The van der Waals surface area contributed by atoms with E-state index in [4.69, 9.17) is 17.3 Å². The fourth-order valence-corrected chi connectivity index (χ4v) is 2.19. The summed E-state index contributed by atoms with van der Waals surface area (Å²) in [6.07, 6.45) is -0.854. The largest absolute Gasteiger partial charge is 0.373 e. The maximum absolute atomic E-state index is 10.1. The van der Waals surface area contributed by atoms with Gasteiger partial charge in [-0.1, -0.05) is 23.7 Å². The summed E-state index contributed by atoms with van der Waals surface area (Å²) in [6.45, 7) is 0.320. The molecule has 0 amide bonds. The lowest BCUT2D eigenvalue weighted by atomic mass is 10.2. The lowest BCUT2D eigenvalue weighted by Crippen LogP contribution is -2.21. The summed E-state index contributed by atoms with van der Waals surface area (Å²) in [7, 11) is 0. The second kappa shape index (κ2) is 6.18. The van der Waals surface area contributed by atoms with E-state index >= 15 is 0 Å². The average molecular weight is 319 g/mol. The number of halogens is 1. The predicted molar refractivity (Wildman–Crippen MR) is 83.8 cm³/mol. The van der Waals surface area contributed by atoms with Crippen molar-refractivity contribution >= 4 is 17.5 Å². The Balaban J connectivity index is 1.66. The summed E-state index contributed by atoms with van der Waals surface area (Å²) in [5.41, 5.74) is 7.96. The van der Waals surface area contributed by atoms with Crippen molar-refractivity contribution in [2.45, 2.75) is 12.8 Å². The van der Waals surface area contributed by atoms with E-state index in [0.29, 0.717) is 23.1 Å². The molecule has 0 aliphatic heterocycles. The number of hydrogen-bond acceptors (Lipinski definition) is 5. The number of H-pyrrole nitrogens is 2. The Labute approximate surface area is 131 Å². The molecule has 8 heteroatoms. The molecule has 0 spiro atoms. The molecule has 0 bridgehead atoms. The Morgan fingerprint density at radius 1 is 1.23 bits per heavy atom. The number of nitrogen functional groups attached to an aromatic ring is 1. The van der Waals surface area contributed by atoms with E-state index in [0.717, 1.165) is 11.3 Å². The normalized spacial score (nSPS) is 12.5. The topological polar surface area (TPSA) is 116 Å².